The van der Waals surface area contributed by atoms with E-state index in [1.54, 1.807) is 29.4 Å². The Balaban J connectivity index is 1.36. The van der Waals surface area contributed by atoms with E-state index in [9.17, 15) is 18.0 Å². The first-order valence-corrected chi connectivity index (χ1v) is 10.8. The van der Waals surface area contributed by atoms with Gasteiger partial charge in [0.05, 0.1) is 22.9 Å². The average Bonchev–Trinajstić information content (AvgIpc) is 3.40. The zero-order valence-corrected chi connectivity index (χ0v) is 17.8. The second kappa shape index (κ2) is 8.17. The predicted octanol–water partition coefficient (Wildman–Crippen LogP) is 3.22. The molecule has 0 aromatic carbocycles. The van der Waals surface area contributed by atoms with Crippen LogP contribution in [0.5, 0.6) is 5.88 Å². The van der Waals surface area contributed by atoms with Crippen LogP contribution in [-0.4, -0.2) is 50.5 Å². The number of nitrogens with one attached hydrogen (secondary N) is 1. The molecule has 3 aliphatic rings. The van der Waals surface area contributed by atoms with E-state index in [0.717, 1.165) is 25.1 Å². The lowest BCUT2D eigenvalue weighted by Crippen LogP contribution is -2.48. The second-order valence-electron chi connectivity index (χ2n) is 8.55. The SMILES string of the molecule is CC1C=CC(C(=O)N2CC3CC(Oc4ccc(C(F)(F)F)cn4)C2C3)=C(c2ncccn2)N1. The number of nitrogens with zero attached hydrogens (tertiary/aromatic N) is 4. The summed E-state index contributed by atoms with van der Waals surface area (Å²) in [6.07, 6.45) is 4.47. The molecule has 1 aliphatic carbocycles. The third-order valence-corrected chi connectivity index (χ3v) is 6.23. The molecule has 172 valence electrons. The van der Waals surface area contributed by atoms with Gasteiger partial charge in [0.2, 0.25) is 5.88 Å². The van der Waals surface area contributed by atoms with Gasteiger partial charge in [-0.3, -0.25) is 4.79 Å². The molecule has 4 unspecified atom stereocenters. The summed E-state index contributed by atoms with van der Waals surface area (Å²) in [7, 11) is 0. The van der Waals surface area contributed by atoms with E-state index >= 15 is 0 Å². The monoisotopic (exact) mass is 457 g/mol. The zero-order valence-electron chi connectivity index (χ0n) is 17.8. The number of carbonyl (C=O) groups is 1. The van der Waals surface area contributed by atoms with Crippen LogP contribution in [0.15, 0.2) is 54.5 Å². The number of likely N-dealkylation sites (tertiary alicyclic amines) is 1. The molecule has 2 fully saturated rings. The fourth-order valence-electron chi connectivity index (χ4n) is 4.72. The first-order chi connectivity index (χ1) is 15.8. The maximum Gasteiger partial charge on any atom is 0.417 e. The standard InChI is InChI=1S/C23H22F3N5O2/c1-13-3-5-16(20(30-13)21-27-7-2-8-28-21)22(32)31-12-14-9-17(31)18(10-14)33-19-6-4-15(11-29-19)23(24,25)26/h2-8,11,13-14,17-18,30H,9-10,12H2,1H3. The van der Waals surface area contributed by atoms with Crippen molar-refractivity contribution in [2.24, 2.45) is 5.92 Å². The minimum Gasteiger partial charge on any atom is -0.472 e. The van der Waals surface area contributed by atoms with Gasteiger partial charge in [0, 0.05) is 37.2 Å². The molecule has 2 aromatic heterocycles. The second-order valence-corrected chi connectivity index (χ2v) is 8.55. The predicted molar refractivity (Wildman–Crippen MR) is 113 cm³/mol. The molecular formula is C23H22F3N5O2. The molecule has 1 saturated carbocycles. The summed E-state index contributed by atoms with van der Waals surface area (Å²) in [5.74, 6) is 0.700. The first kappa shape index (κ1) is 21.4. The minimum absolute atomic E-state index is 0.0252. The molecule has 1 N–H and O–H groups in total. The molecule has 0 spiro atoms. The number of hydrogen-bond donors (Lipinski definition) is 1. The number of alkyl halides is 3. The normalized spacial score (nSPS) is 26.5. The smallest absolute Gasteiger partial charge is 0.417 e. The fourth-order valence-corrected chi connectivity index (χ4v) is 4.72. The summed E-state index contributed by atoms with van der Waals surface area (Å²) in [4.78, 5) is 27.8. The van der Waals surface area contributed by atoms with E-state index in [1.807, 2.05) is 13.0 Å². The van der Waals surface area contributed by atoms with E-state index in [1.165, 1.54) is 6.07 Å². The van der Waals surface area contributed by atoms with Gasteiger partial charge >= 0.3 is 6.18 Å². The summed E-state index contributed by atoms with van der Waals surface area (Å²) < 4.78 is 44.3. The lowest BCUT2D eigenvalue weighted by Gasteiger charge is -2.34. The Morgan fingerprint density at radius 2 is 1.97 bits per heavy atom. The van der Waals surface area contributed by atoms with Crippen LogP contribution < -0.4 is 10.1 Å². The summed E-state index contributed by atoms with van der Waals surface area (Å²) >= 11 is 0. The number of hydrogen-bond acceptors (Lipinski definition) is 6. The topological polar surface area (TPSA) is 80.2 Å². The molecule has 10 heteroatoms. The Hall–Kier alpha value is -3.43. The van der Waals surface area contributed by atoms with Crippen LogP contribution >= 0.6 is 0 Å². The number of fused-ring (bicyclic) bond motifs is 2. The van der Waals surface area contributed by atoms with Crippen LogP contribution in [0.3, 0.4) is 0 Å². The van der Waals surface area contributed by atoms with Gasteiger partial charge in [0.25, 0.3) is 5.91 Å². The van der Waals surface area contributed by atoms with Gasteiger partial charge in [0.15, 0.2) is 5.82 Å². The third-order valence-electron chi connectivity index (χ3n) is 6.23. The Morgan fingerprint density at radius 3 is 2.64 bits per heavy atom. The number of carbonyl (C=O) groups excluding carboxylic acids is 1. The largest absolute Gasteiger partial charge is 0.472 e. The van der Waals surface area contributed by atoms with Crippen LogP contribution in [0.25, 0.3) is 5.70 Å². The summed E-state index contributed by atoms with van der Waals surface area (Å²) in [5.41, 5.74) is 0.242. The number of ether oxygens (including phenoxy) is 1. The van der Waals surface area contributed by atoms with Crippen molar-refractivity contribution in [3.8, 4) is 5.88 Å². The van der Waals surface area contributed by atoms with Crippen molar-refractivity contribution in [2.45, 2.75) is 44.1 Å². The van der Waals surface area contributed by atoms with Crippen LogP contribution in [0.1, 0.15) is 31.2 Å². The molecule has 0 radical (unpaired) electrons. The van der Waals surface area contributed by atoms with Crippen LogP contribution in [-0.2, 0) is 11.0 Å². The summed E-state index contributed by atoms with van der Waals surface area (Å²) in [6, 6.07) is 3.74. The number of halogens is 3. The fraction of sp³-hybridized carbons (Fsp3) is 0.391. The number of aromatic nitrogens is 3. The molecule has 1 saturated heterocycles. The average molecular weight is 457 g/mol. The Labute approximate surface area is 188 Å². The molecular weight excluding hydrogens is 435 g/mol. The van der Waals surface area contributed by atoms with Crippen molar-refractivity contribution in [3.05, 3.63) is 65.9 Å². The van der Waals surface area contributed by atoms with Gasteiger partial charge in [-0.05, 0) is 43.9 Å². The number of pyridine rings is 1. The van der Waals surface area contributed by atoms with E-state index in [0.29, 0.717) is 23.6 Å². The summed E-state index contributed by atoms with van der Waals surface area (Å²) in [5, 5.41) is 3.29. The highest BCUT2D eigenvalue weighted by atomic mass is 19.4. The van der Waals surface area contributed by atoms with E-state index in [-0.39, 0.29) is 35.9 Å². The summed E-state index contributed by atoms with van der Waals surface area (Å²) in [6.45, 7) is 2.58. The number of dihydropyridines is 1. The van der Waals surface area contributed by atoms with Crippen molar-refractivity contribution < 1.29 is 22.7 Å². The van der Waals surface area contributed by atoms with Gasteiger partial charge < -0.3 is 15.0 Å². The van der Waals surface area contributed by atoms with Crippen molar-refractivity contribution in [3.63, 3.8) is 0 Å². The first-order valence-electron chi connectivity index (χ1n) is 10.8. The van der Waals surface area contributed by atoms with Crippen LogP contribution in [0, 0.1) is 5.92 Å². The quantitative estimate of drug-likeness (QED) is 0.760. The maximum atomic E-state index is 13.6. The molecule has 2 bridgehead atoms. The molecule has 4 atom stereocenters. The minimum atomic E-state index is -4.45. The third kappa shape index (κ3) is 4.17. The molecule has 5 rings (SSSR count). The Bertz CT molecular complexity index is 1100. The van der Waals surface area contributed by atoms with Crippen molar-refractivity contribution in [1.29, 1.82) is 0 Å². The highest BCUT2D eigenvalue weighted by Crippen LogP contribution is 2.41. The molecule has 2 aromatic rings. The van der Waals surface area contributed by atoms with E-state index in [4.69, 9.17) is 4.74 Å². The van der Waals surface area contributed by atoms with E-state index < -0.39 is 11.7 Å². The zero-order chi connectivity index (χ0) is 23.2. The molecule has 4 heterocycles. The Kier molecular flexibility index (Phi) is 5.30. The number of rotatable bonds is 4. The highest BCUT2D eigenvalue weighted by Gasteiger charge is 2.49. The van der Waals surface area contributed by atoms with Crippen molar-refractivity contribution in [1.82, 2.24) is 25.2 Å². The van der Waals surface area contributed by atoms with Gasteiger partial charge in [0.1, 0.15) is 6.10 Å². The molecule has 1 amide bonds. The highest BCUT2D eigenvalue weighted by molar-refractivity contribution is 6.03. The maximum absolute atomic E-state index is 13.6. The van der Waals surface area contributed by atoms with Crippen molar-refractivity contribution in [2.75, 3.05) is 6.54 Å². The van der Waals surface area contributed by atoms with E-state index in [2.05, 4.69) is 20.3 Å². The van der Waals surface area contributed by atoms with Gasteiger partial charge in [-0.25, -0.2) is 15.0 Å². The molecule has 33 heavy (non-hydrogen) atoms. The van der Waals surface area contributed by atoms with Gasteiger partial charge in [-0.1, -0.05) is 6.08 Å². The molecule has 7 nitrogen and oxygen atoms in total. The number of amides is 1. The van der Waals surface area contributed by atoms with Gasteiger partial charge in [-0.2, -0.15) is 13.2 Å². The lowest BCUT2D eigenvalue weighted by molar-refractivity contribution is -0.138. The van der Waals surface area contributed by atoms with Gasteiger partial charge in [-0.15, -0.1) is 0 Å². The Morgan fingerprint density at radius 1 is 1.18 bits per heavy atom. The van der Waals surface area contributed by atoms with Crippen LogP contribution in [0.2, 0.25) is 0 Å². The number of piperidine rings is 1. The van der Waals surface area contributed by atoms with Crippen molar-refractivity contribution >= 4 is 11.6 Å². The lowest BCUT2D eigenvalue weighted by atomic mass is 10.0. The van der Waals surface area contributed by atoms with Crippen LogP contribution in [0.4, 0.5) is 13.2 Å². The molecule has 2 aliphatic heterocycles.